The number of benzene rings is 1. The molecule has 0 atom stereocenters. The first-order chi connectivity index (χ1) is 11.1. The van der Waals surface area contributed by atoms with Crippen molar-refractivity contribution in [3.8, 4) is 11.5 Å². The smallest absolute Gasteiger partial charge is 0.180 e. The maximum atomic E-state index is 6.37. The van der Waals surface area contributed by atoms with Crippen LogP contribution in [0.25, 0.3) is 0 Å². The molecule has 1 N–H and O–H groups in total. The van der Waals surface area contributed by atoms with Crippen LogP contribution in [-0.4, -0.2) is 18.6 Å². The number of hydrogen-bond acceptors (Lipinski definition) is 4. The summed E-state index contributed by atoms with van der Waals surface area (Å²) >= 11 is 6.37. The molecule has 0 aliphatic carbocycles. The zero-order valence-electron chi connectivity index (χ0n) is 13.8. The molecule has 0 bridgehead atoms. The molecule has 4 nitrogen and oxygen atoms in total. The van der Waals surface area contributed by atoms with Gasteiger partial charge >= 0.3 is 0 Å². The fourth-order valence-electron chi connectivity index (χ4n) is 2.16. The Bertz CT molecular complexity index is 618. The Morgan fingerprint density at radius 2 is 2.09 bits per heavy atom. The van der Waals surface area contributed by atoms with Crippen LogP contribution in [-0.2, 0) is 13.2 Å². The highest BCUT2D eigenvalue weighted by Gasteiger charge is 2.12. The monoisotopic (exact) mass is 334 g/mol. The van der Waals surface area contributed by atoms with E-state index in [-0.39, 0.29) is 0 Å². The van der Waals surface area contributed by atoms with Crippen LogP contribution in [0.1, 0.15) is 25.0 Å². The minimum absolute atomic E-state index is 0.398. The van der Waals surface area contributed by atoms with E-state index in [0.717, 1.165) is 24.2 Å². The van der Waals surface area contributed by atoms with E-state index in [1.54, 1.807) is 19.5 Å². The van der Waals surface area contributed by atoms with Gasteiger partial charge in [-0.25, -0.2) is 0 Å². The summed E-state index contributed by atoms with van der Waals surface area (Å²) in [6.45, 7) is 6.46. The van der Waals surface area contributed by atoms with Gasteiger partial charge in [0, 0.05) is 24.5 Å². The number of halogens is 1. The van der Waals surface area contributed by atoms with Gasteiger partial charge in [-0.15, -0.1) is 0 Å². The average Bonchev–Trinajstić information content (AvgIpc) is 2.54. The molecule has 1 heterocycles. The molecule has 0 saturated carbocycles. The van der Waals surface area contributed by atoms with Gasteiger partial charge in [0.15, 0.2) is 11.5 Å². The largest absolute Gasteiger partial charge is 0.493 e. The Morgan fingerprint density at radius 3 is 2.74 bits per heavy atom. The van der Waals surface area contributed by atoms with Crippen molar-refractivity contribution < 1.29 is 9.47 Å². The van der Waals surface area contributed by atoms with Crippen LogP contribution in [0.15, 0.2) is 36.7 Å². The number of hydrogen-bond donors (Lipinski definition) is 1. The highest BCUT2D eigenvalue weighted by molar-refractivity contribution is 6.32. The van der Waals surface area contributed by atoms with Crippen LogP contribution >= 0.6 is 11.6 Å². The molecule has 124 valence electrons. The summed E-state index contributed by atoms with van der Waals surface area (Å²) in [4.78, 5) is 4.07. The third-order valence-corrected chi connectivity index (χ3v) is 3.56. The van der Waals surface area contributed by atoms with Crippen LogP contribution in [0.5, 0.6) is 11.5 Å². The van der Waals surface area contributed by atoms with Crippen molar-refractivity contribution in [3.63, 3.8) is 0 Å². The summed E-state index contributed by atoms with van der Waals surface area (Å²) in [6, 6.07) is 7.70. The lowest BCUT2D eigenvalue weighted by Crippen LogP contribution is -2.19. The SMILES string of the molecule is COc1cc(CNCC(C)C)cc(Cl)c1OCc1cccnc1. The van der Waals surface area contributed by atoms with E-state index < -0.39 is 0 Å². The zero-order valence-corrected chi connectivity index (χ0v) is 14.6. The Morgan fingerprint density at radius 1 is 1.26 bits per heavy atom. The van der Waals surface area contributed by atoms with Crippen LogP contribution in [0.2, 0.25) is 5.02 Å². The van der Waals surface area contributed by atoms with Crippen LogP contribution in [0.4, 0.5) is 0 Å². The van der Waals surface area contributed by atoms with Crippen LogP contribution in [0.3, 0.4) is 0 Å². The van der Waals surface area contributed by atoms with E-state index in [2.05, 4.69) is 24.1 Å². The predicted molar refractivity (Wildman–Crippen MR) is 93.1 cm³/mol. The van der Waals surface area contributed by atoms with Gasteiger partial charge in [-0.05, 0) is 36.2 Å². The molecule has 0 spiro atoms. The normalized spacial score (nSPS) is 10.8. The molecule has 2 rings (SSSR count). The molecule has 0 amide bonds. The average molecular weight is 335 g/mol. The standard InChI is InChI=1S/C18H23ClN2O2/c1-13(2)9-21-11-15-7-16(19)18(17(8-15)22-3)23-12-14-5-4-6-20-10-14/h4-8,10,13,21H,9,11-12H2,1-3H3. The summed E-state index contributed by atoms with van der Waals surface area (Å²) in [5, 5.41) is 3.94. The molecule has 0 radical (unpaired) electrons. The third kappa shape index (κ3) is 5.41. The molecular formula is C18H23ClN2O2. The van der Waals surface area contributed by atoms with Crippen molar-refractivity contribution in [1.29, 1.82) is 0 Å². The number of rotatable bonds is 8. The van der Waals surface area contributed by atoms with Gasteiger partial charge in [-0.3, -0.25) is 4.98 Å². The van der Waals surface area contributed by atoms with Crippen molar-refractivity contribution >= 4 is 11.6 Å². The van der Waals surface area contributed by atoms with Gasteiger partial charge in [-0.2, -0.15) is 0 Å². The zero-order chi connectivity index (χ0) is 16.7. The molecular weight excluding hydrogens is 312 g/mol. The number of pyridine rings is 1. The van der Waals surface area contributed by atoms with Gasteiger partial charge in [0.05, 0.1) is 12.1 Å². The van der Waals surface area contributed by atoms with Gasteiger partial charge < -0.3 is 14.8 Å². The first-order valence-corrected chi connectivity index (χ1v) is 8.06. The highest BCUT2D eigenvalue weighted by atomic mass is 35.5. The molecule has 5 heteroatoms. The summed E-state index contributed by atoms with van der Waals surface area (Å²) in [6.07, 6.45) is 3.50. The maximum Gasteiger partial charge on any atom is 0.180 e. The summed E-state index contributed by atoms with van der Waals surface area (Å²) < 4.78 is 11.3. The quantitative estimate of drug-likeness (QED) is 0.790. The lowest BCUT2D eigenvalue weighted by molar-refractivity contribution is 0.284. The topological polar surface area (TPSA) is 43.4 Å². The number of nitrogens with zero attached hydrogens (tertiary/aromatic N) is 1. The Hall–Kier alpha value is -1.78. The van der Waals surface area contributed by atoms with Crippen LogP contribution in [0, 0.1) is 5.92 Å². The third-order valence-electron chi connectivity index (χ3n) is 3.28. The summed E-state index contributed by atoms with van der Waals surface area (Å²) in [5.41, 5.74) is 2.05. The predicted octanol–water partition coefficient (Wildman–Crippen LogP) is 4.07. The second kappa shape index (κ2) is 8.75. The fraction of sp³-hybridized carbons (Fsp3) is 0.389. The molecule has 1 aromatic heterocycles. The Balaban J connectivity index is 2.07. The molecule has 0 aliphatic heterocycles. The lowest BCUT2D eigenvalue weighted by Gasteiger charge is -2.15. The van der Waals surface area contributed by atoms with Crippen molar-refractivity contribution in [1.82, 2.24) is 10.3 Å². The minimum atomic E-state index is 0.398. The van der Waals surface area contributed by atoms with E-state index in [1.165, 1.54) is 0 Å². The summed E-state index contributed by atoms with van der Waals surface area (Å²) in [7, 11) is 1.62. The Labute approximate surface area is 142 Å². The van der Waals surface area contributed by atoms with Gasteiger partial charge in [0.1, 0.15) is 6.61 Å². The molecule has 1 aromatic carbocycles. The maximum absolute atomic E-state index is 6.37. The second-order valence-corrected chi connectivity index (χ2v) is 6.19. The van der Waals surface area contributed by atoms with E-state index in [4.69, 9.17) is 21.1 Å². The molecule has 0 unspecified atom stereocenters. The van der Waals surface area contributed by atoms with Gasteiger partial charge in [0.2, 0.25) is 0 Å². The number of ether oxygens (including phenoxy) is 2. The molecule has 0 fully saturated rings. The Kier molecular flexibility index (Phi) is 6.68. The van der Waals surface area contributed by atoms with E-state index >= 15 is 0 Å². The van der Waals surface area contributed by atoms with Crippen LogP contribution < -0.4 is 14.8 Å². The molecule has 23 heavy (non-hydrogen) atoms. The van der Waals surface area contributed by atoms with Gasteiger partial charge in [0.25, 0.3) is 0 Å². The second-order valence-electron chi connectivity index (χ2n) is 5.78. The first kappa shape index (κ1) is 17.6. The minimum Gasteiger partial charge on any atom is -0.493 e. The number of methoxy groups -OCH3 is 1. The number of nitrogens with one attached hydrogen (secondary N) is 1. The van der Waals surface area contributed by atoms with Crippen molar-refractivity contribution in [2.24, 2.45) is 5.92 Å². The van der Waals surface area contributed by atoms with E-state index in [1.807, 2.05) is 24.3 Å². The number of aromatic nitrogens is 1. The summed E-state index contributed by atoms with van der Waals surface area (Å²) in [5.74, 6) is 1.81. The van der Waals surface area contributed by atoms with Crippen molar-refractivity contribution in [3.05, 3.63) is 52.8 Å². The lowest BCUT2D eigenvalue weighted by atomic mass is 10.1. The molecule has 0 saturated heterocycles. The van der Waals surface area contributed by atoms with E-state index in [0.29, 0.717) is 29.0 Å². The first-order valence-electron chi connectivity index (χ1n) is 7.69. The van der Waals surface area contributed by atoms with Gasteiger partial charge in [-0.1, -0.05) is 31.5 Å². The van der Waals surface area contributed by atoms with Crippen molar-refractivity contribution in [2.75, 3.05) is 13.7 Å². The highest BCUT2D eigenvalue weighted by Crippen LogP contribution is 2.36. The van der Waals surface area contributed by atoms with Crippen molar-refractivity contribution in [2.45, 2.75) is 27.0 Å². The fourth-order valence-corrected chi connectivity index (χ4v) is 2.45. The molecule has 0 aliphatic rings. The molecule has 2 aromatic rings. The van der Waals surface area contributed by atoms with E-state index in [9.17, 15) is 0 Å².